The fourth-order valence-electron chi connectivity index (χ4n) is 2.39. The number of aryl methyl sites for hydroxylation is 1. The topological polar surface area (TPSA) is 97.1 Å². The molecule has 7 nitrogen and oxygen atoms in total. The second kappa shape index (κ2) is 6.76. The largest absolute Gasteiger partial charge is 0.481 e. The number of hydrogen-bond acceptors (Lipinski definition) is 4. The molecule has 0 spiro atoms. The highest BCUT2D eigenvalue weighted by Gasteiger charge is 2.17. The van der Waals surface area contributed by atoms with Crippen LogP contribution in [0, 0.1) is 6.92 Å². The third-order valence-corrected chi connectivity index (χ3v) is 3.66. The van der Waals surface area contributed by atoms with Crippen LogP contribution in [0.15, 0.2) is 12.3 Å². The molecule has 0 aromatic carbocycles. The Kier molecular flexibility index (Phi) is 4.98. The molecule has 0 aliphatic carbocycles. The average Bonchev–Trinajstić information content (AvgIpc) is 2.86. The number of carboxylic acid groups (broad SMARTS) is 1. The average molecular weight is 318 g/mol. The van der Waals surface area contributed by atoms with Crippen molar-refractivity contribution < 1.29 is 14.7 Å². The van der Waals surface area contributed by atoms with Crippen LogP contribution in [0.5, 0.6) is 0 Å². The first-order chi connectivity index (χ1) is 10.8. The fourth-order valence-corrected chi connectivity index (χ4v) is 2.39. The van der Waals surface area contributed by atoms with E-state index in [1.54, 1.807) is 26.1 Å². The SMILES string of the molecule is Cc1nc2c(cnn2C(C)C)cc1C(=O)NC(C)CCC(=O)O. The molecule has 7 heteroatoms. The van der Waals surface area contributed by atoms with Gasteiger partial charge in [-0.3, -0.25) is 9.59 Å². The van der Waals surface area contributed by atoms with E-state index in [9.17, 15) is 9.59 Å². The molecule has 0 aliphatic heterocycles. The summed E-state index contributed by atoms with van der Waals surface area (Å²) in [5, 5.41) is 16.6. The van der Waals surface area contributed by atoms with Gasteiger partial charge in [-0.25, -0.2) is 9.67 Å². The maximum Gasteiger partial charge on any atom is 0.303 e. The zero-order valence-corrected chi connectivity index (χ0v) is 13.8. The van der Waals surface area contributed by atoms with Gasteiger partial charge in [-0.05, 0) is 40.2 Å². The van der Waals surface area contributed by atoms with Gasteiger partial charge in [0.2, 0.25) is 0 Å². The van der Waals surface area contributed by atoms with Crippen LogP contribution in [-0.4, -0.2) is 37.8 Å². The van der Waals surface area contributed by atoms with Crippen molar-refractivity contribution in [1.82, 2.24) is 20.1 Å². The molecule has 0 bridgehead atoms. The quantitative estimate of drug-likeness (QED) is 0.852. The van der Waals surface area contributed by atoms with Crippen molar-refractivity contribution in [2.45, 2.75) is 52.6 Å². The van der Waals surface area contributed by atoms with E-state index < -0.39 is 5.97 Å². The Bertz CT molecular complexity index is 736. The molecule has 124 valence electrons. The molecule has 2 aromatic rings. The number of carbonyl (C=O) groups is 2. The highest BCUT2D eigenvalue weighted by Crippen LogP contribution is 2.19. The van der Waals surface area contributed by atoms with Gasteiger partial charge in [-0.15, -0.1) is 0 Å². The van der Waals surface area contributed by atoms with E-state index in [0.717, 1.165) is 11.0 Å². The first-order valence-electron chi connectivity index (χ1n) is 7.67. The summed E-state index contributed by atoms with van der Waals surface area (Å²) in [5.41, 5.74) is 1.87. The minimum Gasteiger partial charge on any atom is -0.481 e. The molecular weight excluding hydrogens is 296 g/mol. The number of hydrogen-bond donors (Lipinski definition) is 2. The van der Waals surface area contributed by atoms with E-state index in [1.807, 2.05) is 18.5 Å². The van der Waals surface area contributed by atoms with Crippen LogP contribution in [-0.2, 0) is 4.79 Å². The van der Waals surface area contributed by atoms with Gasteiger partial charge in [-0.1, -0.05) is 0 Å². The number of carboxylic acids is 1. The van der Waals surface area contributed by atoms with Crippen molar-refractivity contribution in [1.29, 1.82) is 0 Å². The lowest BCUT2D eigenvalue weighted by Gasteiger charge is -2.14. The number of rotatable bonds is 6. The van der Waals surface area contributed by atoms with Crippen LogP contribution >= 0.6 is 0 Å². The Morgan fingerprint density at radius 2 is 2.04 bits per heavy atom. The first-order valence-corrected chi connectivity index (χ1v) is 7.67. The zero-order chi connectivity index (χ0) is 17.1. The minimum atomic E-state index is -0.869. The van der Waals surface area contributed by atoms with Crippen molar-refractivity contribution in [2.24, 2.45) is 0 Å². The number of nitrogens with one attached hydrogen (secondary N) is 1. The second-order valence-corrected chi connectivity index (χ2v) is 6.02. The molecule has 1 unspecified atom stereocenters. The summed E-state index contributed by atoms with van der Waals surface area (Å²) >= 11 is 0. The summed E-state index contributed by atoms with van der Waals surface area (Å²) in [6.45, 7) is 7.62. The lowest BCUT2D eigenvalue weighted by Crippen LogP contribution is -2.33. The lowest BCUT2D eigenvalue weighted by molar-refractivity contribution is -0.137. The molecule has 2 rings (SSSR count). The van der Waals surface area contributed by atoms with Crippen molar-refractivity contribution in [3.05, 3.63) is 23.5 Å². The third-order valence-electron chi connectivity index (χ3n) is 3.66. The van der Waals surface area contributed by atoms with Crippen LogP contribution in [0.25, 0.3) is 11.0 Å². The number of aliphatic carboxylic acids is 1. The summed E-state index contributed by atoms with van der Waals surface area (Å²) in [4.78, 5) is 27.5. The van der Waals surface area contributed by atoms with Crippen molar-refractivity contribution in [3.63, 3.8) is 0 Å². The minimum absolute atomic E-state index is 0.0267. The van der Waals surface area contributed by atoms with Crippen LogP contribution in [0.4, 0.5) is 0 Å². The molecule has 2 heterocycles. The monoisotopic (exact) mass is 318 g/mol. The Balaban J connectivity index is 2.21. The van der Waals surface area contributed by atoms with Crippen LogP contribution < -0.4 is 5.32 Å². The number of fused-ring (bicyclic) bond motifs is 1. The van der Waals surface area contributed by atoms with E-state index in [4.69, 9.17) is 5.11 Å². The van der Waals surface area contributed by atoms with Crippen molar-refractivity contribution >= 4 is 22.9 Å². The van der Waals surface area contributed by atoms with E-state index in [2.05, 4.69) is 15.4 Å². The van der Waals surface area contributed by atoms with E-state index in [-0.39, 0.29) is 24.4 Å². The van der Waals surface area contributed by atoms with Gasteiger partial charge in [-0.2, -0.15) is 5.10 Å². The molecule has 0 saturated heterocycles. The van der Waals surface area contributed by atoms with Crippen LogP contribution in [0.3, 0.4) is 0 Å². The third kappa shape index (κ3) is 3.85. The summed E-state index contributed by atoms with van der Waals surface area (Å²) < 4.78 is 1.82. The first kappa shape index (κ1) is 16.9. The van der Waals surface area contributed by atoms with E-state index in [0.29, 0.717) is 17.7 Å². The number of aromatic nitrogens is 3. The molecule has 0 radical (unpaired) electrons. The van der Waals surface area contributed by atoms with Gasteiger partial charge in [0.25, 0.3) is 5.91 Å². The number of nitrogens with zero attached hydrogens (tertiary/aromatic N) is 3. The molecule has 1 atom stereocenters. The normalized spacial score (nSPS) is 12.6. The van der Waals surface area contributed by atoms with Gasteiger partial charge in [0.1, 0.15) is 0 Å². The highest BCUT2D eigenvalue weighted by atomic mass is 16.4. The molecule has 0 aliphatic rings. The molecular formula is C16H22N4O3. The van der Waals surface area contributed by atoms with Gasteiger partial charge < -0.3 is 10.4 Å². The molecule has 23 heavy (non-hydrogen) atoms. The predicted molar refractivity (Wildman–Crippen MR) is 86.4 cm³/mol. The van der Waals surface area contributed by atoms with Gasteiger partial charge in [0.15, 0.2) is 5.65 Å². The number of carbonyl (C=O) groups excluding carboxylic acids is 1. The molecule has 2 N–H and O–H groups in total. The van der Waals surface area contributed by atoms with Gasteiger partial charge in [0, 0.05) is 23.9 Å². The van der Waals surface area contributed by atoms with Gasteiger partial charge >= 0.3 is 5.97 Å². The Morgan fingerprint density at radius 3 is 2.65 bits per heavy atom. The summed E-state index contributed by atoms with van der Waals surface area (Å²) in [5.74, 6) is -1.11. The van der Waals surface area contributed by atoms with Crippen molar-refractivity contribution in [2.75, 3.05) is 0 Å². The fraction of sp³-hybridized carbons (Fsp3) is 0.500. The number of pyridine rings is 1. The summed E-state index contributed by atoms with van der Waals surface area (Å²) in [6.07, 6.45) is 2.12. The lowest BCUT2D eigenvalue weighted by atomic mass is 10.1. The second-order valence-electron chi connectivity index (χ2n) is 6.02. The van der Waals surface area contributed by atoms with E-state index in [1.165, 1.54) is 0 Å². The number of amides is 1. The van der Waals surface area contributed by atoms with Crippen LogP contribution in [0.2, 0.25) is 0 Å². The van der Waals surface area contributed by atoms with E-state index >= 15 is 0 Å². The molecule has 1 amide bonds. The Labute approximate surface area is 134 Å². The Morgan fingerprint density at radius 1 is 1.35 bits per heavy atom. The Hall–Kier alpha value is -2.44. The van der Waals surface area contributed by atoms with Crippen LogP contribution in [0.1, 0.15) is 55.7 Å². The standard InChI is InChI=1S/C16H22N4O3/c1-9(2)20-15-12(8-17-20)7-13(11(4)19-15)16(23)18-10(3)5-6-14(21)22/h7-10H,5-6H2,1-4H3,(H,18,23)(H,21,22). The highest BCUT2D eigenvalue weighted by molar-refractivity contribution is 5.98. The van der Waals surface area contributed by atoms with Crippen molar-refractivity contribution in [3.8, 4) is 0 Å². The predicted octanol–water partition coefficient (Wildman–Crippen LogP) is 2.30. The maximum atomic E-state index is 12.4. The molecule has 0 saturated carbocycles. The molecule has 0 fully saturated rings. The van der Waals surface area contributed by atoms with Gasteiger partial charge in [0.05, 0.1) is 17.5 Å². The maximum absolute atomic E-state index is 12.4. The summed E-state index contributed by atoms with van der Waals surface area (Å²) in [6, 6.07) is 1.75. The zero-order valence-electron chi connectivity index (χ0n) is 13.8. The smallest absolute Gasteiger partial charge is 0.303 e. The molecule has 2 aromatic heterocycles. The summed E-state index contributed by atoms with van der Waals surface area (Å²) in [7, 11) is 0.